The van der Waals surface area contributed by atoms with Gasteiger partial charge in [0.2, 0.25) is 5.91 Å². The largest absolute Gasteiger partial charge is 0.349 e. The first-order chi connectivity index (χ1) is 9.01. The van der Waals surface area contributed by atoms with Crippen molar-refractivity contribution < 1.29 is 4.79 Å². The lowest BCUT2D eigenvalue weighted by Gasteiger charge is -2.33. The van der Waals surface area contributed by atoms with Gasteiger partial charge in [0, 0.05) is 6.54 Å². The molecule has 3 heteroatoms. The van der Waals surface area contributed by atoms with Crippen LogP contribution in [0.1, 0.15) is 43.9 Å². The van der Waals surface area contributed by atoms with Gasteiger partial charge in [0.15, 0.2) is 0 Å². The molecular formula is C16H24N2O. The first-order valence-electron chi connectivity index (χ1n) is 7.09. The molecule has 0 radical (unpaired) electrons. The zero-order valence-corrected chi connectivity index (χ0v) is 12.1. The third-order valence-electron chi connectivity index (χ3n) is 4.07. The minimum atomic E-state index is -0.267. The van der Waals surface area contributed by atoms with Crippen LogP contribution in [0.25, 0.3) is 0 Å². The summed E-state index contributed by atoms with van der Waals surface area (Å²) in [5, 5.41) is 6.46. The van der Waals surface area contributed by atoms with Crippen molar-refractivity contribution in [3.05, 3.63) is 35.4 Å². The first-order valence-corrected chi connectivity index (χ1v) is 7.09. The van der Waals surface area contributed by atoms with E-state index in [1.165, 1.54) is 5.56 Å². The Morgan fingerprint density at radius 1 is 1.37 bits per heavy atom. The molecule has 2 unspecified atom stereocenters. The SMILES string of the molecule is Cc1ccc(C(C)NC(=O)C2(C)CCCNC2)cc1. The van der Waals surface area contributed by atoms with E-state index in [9.17, 15) is 4.79 Å². The van der Waals surface area contributed by atoms with E-state index in [0.717, 1.165) is 31.5 Å². The van der Waals surface area contributed by atoms with Crippen molar-refractivity contribution in [3.8, 4) is 0 Å². The summed E-state index contributed by atoms with van der Waals surface area (Å²) < 4.78 is 0. The van der Waals surface area contributed by atoms with Crippen LogP contribution in [0.3, 0.4) is 0 Å². The second-order valence-electron chi connectivity index (χ2n) is 5.95. The maximum Gasteiger partial charge on any atom is 0.227 e. The van der Waals surface area contributed by atoms with Crippen LogP contribution >= 0.6 is 0 Å². The lowest BCUT2D eigenvalue weighted by Crippen LogP contribution is -2.49. The van der Waals surface area contributed by atoms with Crippen molar-refractivity contribution in [2.24, 2.45) is 5.41 Å². The predicted molar refractivity (Wildman–Crippen MR) is 77.9 cm³/mol. The van der Waals surface area contributed by atoms with E-state index in [4.69, 9.17) is 0 Å². The van der Waals surface area contributed by atoms with Crippen LogP contribution in [0.15, 0.2) is 24.3 Å². The van der Waals surface area contributed by atoms with Crippen molar-refractivity contribution in [1.29, 1.82) is 0 Å². The maximum atomic E-state index is 12.4. The summed E-state index contributed by atoms with van der Waals surface area (Å²) in [6, 6.07) is 8.40. The van der Waals surface area contributed by atoms with Crippen LogP contribution < -0.4 is 10.6 Å². The number of rotatable bonds is 3. The molecule has 1 aromatic rings. The summed E-state index contributed by atoms with van der Waals surface area (Å²) in [5.41, 5.74) is 2.13. The molecule has 2 N–H and O–H groups in total. The highest BCUT2D eigenvalue weighted by atomic mass is 16.2. The molecule has 0 bridgehead atoms. The standard InChI is InChI=1S/C16H24N2O/c1-12-5-7-14(8-6-12)13(2)18-15(19)16(3)9-4-10-17-11-16/h5-8,13,17H,4,9-11H2,1-3H3,(H,18,19). The summed E-state index contributed by atoms with van der Waals surface area (Å²) in [6.07, 6.45) is 2.04. The average molecular weight is 260 g/mol. The number of hydrogen-bond acceptors (Lipinski definition) is 2. The zero-order valence-electron chi connectivity index (χ0n) is 12.1. The summed E-state index contributed by atoms with van der Waals surface area (Å²) in [5.74, 6) is 0.160. The van der Waals surface area contributed by atoms with Crippen LogP contribution in [0, 0.1) is 12.3 Å². The fraction of sp³-hybridized carbons (Fsp3) is 0.562. The highest BCUT2D eigenvalue weighted by Gasteiger charge is 2.35. The molecule has 1 aliphatic heterocycles. The van der Waals surface area contributed by atoms with Gasteiger partial charge in [0.05, 0.1) is 11.5 Å². The Bertz CT molecular complexity index is 433. The maximum absolute atomic E-state index is 12.4. The van der Waals surface area contributed by atoms with Crippen LogP contribution in [-0.4, -0.2) is 19.0 Å². The van der Waals surface area contributed by atoms with Gasteiger partial charge in [0.25, 0.3) is 0 Å². The second kappa shape index (κ2) is 5.74. The highest BCUT2D eigenvalue weighted by Crippen LogP contribution is 2.26. The van der Waals surface area contributed by atoms with Crippen LogP contribution in [0.2, 0.25) is 0 Å². The number of piperidine rings is 1. The Balaban J connectivity index is 2.00. The molecule has 1 heterocycles. The first kappa shape index (κ1) is 14.1. The molecule has 1 fully saturated rings. The third-order valence-corrected chi connectivity index (χ3v) is 4.07. The highest BCUT2D eigenvalue weighted by molar-refractivity contribution is 5.83. The molecule has 0 aliphatic carbocycles. The number of carbonyl (C=O) groups excluding carboxylic acids is 1. The number of amides is 1. The number of aryl methyl sites for hydroxylation is 1. The molecule has 0 spiro atoms. The van der Waals surface area contributed by atoms with Gasteiger partial charge in [-0.1, -0.05) is 29.8 Å². The van der Waals surface area contributed by atoms with Gasteiger partial charge in [-0.3, -0.25) is 4.79 Å². The number of nitrogens with one attached hydrogen (secondary N) is 2. The zero-order chi connectivity index (χ0) is 13.9. The fourth-order valence-corrected chi connectivity index (χ4v) is 2.56. The van der Waals surface area contributed by atoms with E-state index < -0.39 is 0 Å². The van der Waals surface area contributed by atoms with Crippen molar-refractivity contribution in [3.63, 3.8) is 0 Å². The topological polar surface area (TPSA) is 41.1 Å². The summed E-state index contributed by atoms with van der Waals surface area (Å²) in [4.78, 5) is 12.4. The van der Waals surface area contributed by atoms with E-state index in [2.05, 4.69) is 48.7 Å². The summed E-state index contributed by atoms with van der Waals surface area (Å²) in [6.45, 7) is 7.97. The quantitative estimate of drug-likeness (QED) is 0.877. The Hall–Kier alpha value is -1.35. The van der Waals surface area contributed by atoms with Gasteiger partial charge in [-0.15, -0.1) is 0 Å². The molecule has 0 saturated carbocycles. The minimum Gasteiger partial charge on any atom is -0.349 e. The Morgan fingerprint density at radius 3 is 2.63 bits per heavy atom. The molecule has 3 nitrogen and oxygen atoms in total. The Labute approximate surface area is 115 Å². The van der Waals surface area contributed by atoms with Crippen molar-refractivity contribution >= 4 is 5.91 Å². The van der Waals surface area contributed by atoms with E-state index >= 15 is 0 Å². The number of hydrogen-bond donors (Lipinski definition) is 2. The van der Waals surface area contributed by atoms with E-state index in [0.29, 0.717) is 0 Å². The monoisotopic (exact) mass is 260 g/mol. The van der Waals surface area contributed by atoms with E-state index in [-0.39, 0.29) is 17.4 Å². The van der Waals surface area contributed by atoms with Gasteiger partial charge >= 0.3 is 0 Å². The van der Waals surface area contributed by atoms with E-state index in [1.807, 2.05) is 6.92 Å². The fourth-order valence-electron chi connectivity index (χ4n) is 2.56. The molecule has 1 saturated heterocycles. The average Bonchev–Trinajstić information content (AvgIpc) is 2.40. The lowest BCUT2D eigenvalue weighted by atomic mass is 9.81. The van der Waals surface area contributed by atoms with Gasteiger partial charge in [-0.25, -0.2) is 0 Å². The smallest absolute Gasteiger partial charge is 0.227 e. The van der Waals surface area contributed by atoms with Crippen LogP contribution in [0.5, 0.6) is 0 Å². The van der Waals surface area contributed by atoms with Gasteiger partial charge < -0.3 is 10.6 Å². The van der Waals surface area contributed by atoms with Gasteiger partial charge in [-0.2, -0.15) is 0 Å². The van der Waals surface area contributed by atoms with Crippen molar-refractivity contribution in [2.45, 2.75) is 39.7 Å². The second-order valence-corrected chi connectivity index (χ2v) is 5.95. The molecule has 0 aromatic heterocycles. The number of benzene rings is 1. The molecule has 1 aliphatic rings. The van der Waals surface area contributed by atoms with Crippen LogP contribution in [-0.2, 0) is 4.79 Å². The number of carbonyl (C=O) groups is 1. The molecule has 19 heavy (non-hydrogen) atoms. The molecule has 1 amide bonds. The van der Waals surface area contributed by atoms with Crippen molar-refractivity contribution in [2.75, 3.05) is 13.1 Å². The normalized spacial score (nSPS) is 24.8. The third kappa shape index (κ3) is 3.35. The predicted octanol–water partition coefficient (Wildman–Crippen LogP) is 2.56. The van der Waals surface area contributed by atoms with Crippen molar-refractivity contribution in [1.82, 2.24) is 10.6 Å². The molecule has 1 aromatic carbocycles. The molecule has 2 atom stereocenters. The van der Waals surface area contributed by atoms with Gasteiger partial charge in [0.1, 0.15) is 0 Å². The Morgan fingerprint density at radius 2 is 2.05 bits per heavy atom. The molecule has 104 valence electrons. The molecular weight excluding hydrogens is 236 g/mol. The van der Waals surface area contributed by atoms with Gasteiger partial charge in [-0.05, 0) is 45.7 Å². The van der Waals surface area contributed by atoms with Crippen LogP contribution in [0.4, 0.5) is 0 Å². The lowest BCUT2D eigenvalue weighted by molar-refractivity contribution is -0.131. The summed E-state index contributed by atoms with van der Waals surface area (Å²) >= 11 is 0. The summed E-state index contributed by atoms with van der Waals surface area (Å²) in [7, 11) is 0. The minimum absolute atomic E-state index is 0.0619. The van der Waals surface area contributed by atoms with E-state index in [1.54, 1.807) is 0 Å². The molecule has 2 rings (SSSR count). The Kier molecular flexibility index (Phi) is 4.25.